The molecule has 18 heavy (non-hydrogen) atoms. The summed E-state index contributed by atoms with van der Waals surface area (Å²) in [4.78, 5) is 29.3. The lowest BCUT2D eigenvalue weighted by molar-refractivity contribution is -0.129. The fourth-order valence-electron chi connectivity index (χ4n) is 1.83. The number of carbonyl (C=O) groups excluding carboxylic acids is 2. The third-order valence-electron chi connectivity index (χ3n) is 2.82. The highest BCUT2D eigenvalue weighted by atomic mass is 32.1. The van der Waals surface area contributed by atoms with Crippen LogP contribution in [0.15, 0.2) is 5.38 Å². The van der Waals surface area contributed by atoms with E-state index in [2.05, 4.69) is 10.3 Å². The van der Waals surface area contributed by atoms with Gasteiger partial charge in [-0.2, -0.15) is 0 Å². The van der Waals surface area contributed by atoms with E-state index in [1.54, 1.807) is 10.3 Å². The molecule has 1 aliphatic rings. The molecule has 1 aliphatic heterocycles. The van der Waals surface area contributed by atoms with E-state index in [0.29, 0.717) is 17.2 Å². The summed E-state index contributed by atoms with van der Waals surface area (Å²) in [5.74, 6) is -0.353. The maximum absolute atomic E-state index is 11.7. The molecule has 1 fully saturated rings. The molecule has 0 unspecified atom stereocenters. The summed E-state index contributed by atoms with van der Waals surface area (Å²) in [5, 5.41) is 4.95. The maximum atomic E-state index is 11.7. The lowest BCUT2D eigenvalue weighted by Gasteiger charge is -2.14. The van der Waals surface area contributed by atoms with Crippen LogP contribution >= 0.6 is 11.3 Å². The molecule has 0 aromatic carbocycles. The molecule has 2 amide bonds. The number of thiazole rings is 1. The van der Waals surface area contributed by atoms with Gasteiger partial charge < -0.3 is 16.0 Å². The second kappa shape index (κ2) is 5.92. The number of hydrogen-bond donors (Lipinski definition) is 2. The van der Waals surface area contributed by atoms with E-state index < -0.39 is 0 Å². The monoisotopic (exact) mass is 268 g/mol. The number of nitrogens with one attached hydrogen (secondary N) is 1. The van der Waals surface area contributed by atoms with E-state index in [0.717, 1.165) is 25.9 Å². The Bertz CT molecular complexity index is 440. The largest absolute Gasteiger partial charge is 0.342 e. The first-order chi connectivity index (χ1) is 8.70. The van der Waals surface area contributed by atoms with E-state index in [9.17, 15) is 9.59 Å². The number of rotatable bonds is 4. The third kappa shape index (κ3) is 3.05. The zero-order valence-electron chi connectivity index (χ0n) is 10.0. The van der Waals surface area contributed by atoms with Crippen LogP contribution in [0, 0.1) is 0 Å². The molecule has 3 N–H and O–H groups in total. The zero-order valence-corrected chi connectivity index (χ0v) is 10.8. The number of carbonyl (C=O) groups is 2. The molecule has 0 spiro atoms. The van der Waals surface area contributed by atoms with E-state index in [1.165, 1.54) is 11.3 Å². The van der Waals surface area contributed by atoms with Gasteiger partial charge in [-0.15, -0.1) is 11.3 Å². The normalized spacial score (nSPS) is 14.8. The molecule has 1 aromatic heterocycles. The number of hydrogen-bond acceptors (Lipinski definition) is 5. The lowest BCUT2D eigenvalue weighted by Crippen LogP contribution is -2.38. The second-order valence-electron chi connectivity index (χ2n) is 4.10. The summed E-state index contributed by atoms with van der Waals surface area (Å²) in [6.45, 7) is 1.95. The minimum atomic E-state index is -0.321. The molecular formula is C11H16N4O2S. The Balaban J connectivity index is 1.82. The van der Waals surface area contributed by atoms with Gasteiger partial charge in [-0.05, 0) is 12.8 Å². The first kappa shape index (κ1) is 13.0. The highest BCUT2D eigenvalue weighted by molar-refractivity contribution is 7.09. The number of likely N-dealkylation sites (tertiary alicyclic amines) is 1. The number of amides is 2. The van der Waals surface area contributed by atoms with Crippen LogP contribution in [-0.4, -0.2) is 41.3 Å². The molecular weight excluding hydrogens is 252 g/mol. The van der Waals surface area contributed by atoms with Crippen LogP contribution in [0.4, 0.5) is 0 Å². The Kier molecular flexibility index (Phi) is 4.27. The highest BCUT2D eigenvalue weighted by Gasteiger charge is 2.19. The van der Waals surface area contributed by atoms with Gasteiger partial charge in [-0.3, -0.25) is 9.59 Å². The molecule has 0 aliphatic carbocycles. The summed E-state index contributed by atoms with van der Waals surface area (Å²) in [6.07, 6.45) is 2.09. The molecule has 2 heterocycles. The summed E-state index contributed by atoms with van der Waals surface area (Å²) >= 11 is 1.35. The lowest BCUT2D eigenvalue weighted by atomic mass is 10.4. The molecule has 0 bridgehead atoms. The minimum Gasteiger partial charge on any atom is -0.342 e. The van der Waals surface area contributed by atoms with Crippen LogP contribution in [0.25, 0.3) is 0 Å². The average molecular weight is 268 g/mol. The van der Waals surface area contributed by atoms with Gasteiger partial charge in [0.1, 0.15) is 10.7 Å². The molecule has 2 rings (SSSR count). The Hall–Kier alpha value is -1.47. The fourth-order valence-corrected chi connectivity index (χ4v) is 2.49. The summed E-state index contributed by atoms with van der Waals surface area (Å²) in [5.41, 5.74) is 5.75. The van der Waals surface area contributed by atoms with E-state index in [-0.39, 0.29) is 18.4 Å². The van der Waals surface area contributed by atoms with Gasteiger partial charge in [-0.1, -0.05) is 0 Å². The van der Waals surface area contributed by atoms with Gasteiger partial charge >= 0.3 is 0 Å². The highest BCUT2D eigenvalue weighted by Crippen LogP contribution is 2.09. The van der Waals surface area contributed by atoms with Gasteiger partial charge in [0, 0.05) is 25.0 Å². The van der Waals surface area contributed by atoms with Crippen LogP contribution in [0.5, 0.6) is 0 Å². The van der Waals surface area contributed by atoms with Crippen LogP contribution in [0.1, 0.15) is 28.3 Å². The Morgan fingerprint density at radius 2 is 2.17 bits per heavy atom. The van der Waals surface area contributed by atoms with Crippen molar-refractivity contribution in [1.29, 1.82) is 0 Å². The Morgan fingerprint density at radius 3 is 2.78 bits per heavy atom. The Labute approximate surface area is 109 Å². The number of aromatic nitrogens is 1. The molecule has 98 valence electrons. The van der Waals surface area contributed by atoms with E-state index >= 15 is 0 Å². The molecule has 1 aromatic rings. The SMILES string of the molecule is NCc1nc(C(=O)NCC(=O)N2CCCC2)cs1. The van der Waals surface area contributed by atoms with Gasteiger partial charge in [-0.25, -0.2) is 4.98 Å². The van der Waals surface area contributed by atoms with Crippen LogP contribution in [0.3, 0.4) is 0 Å². The van der Waals surface area contributed by atoms with Crippen molar-refractivity contribution in [3.8, 4) is 0 Å². The van der Waals surface area contributed by atoms with Crippen LogP contribution in [0.2, 0.25) is 0 Å². The number of nitrogens with zero attached hydrogens (tertiary/aromatic N) is 2. The molecule has 1 saturated heterocycles. The quantitative estimate of drug-likeness (QED) is 0.801. The first-order valence-electron chi connectivity index (χ1n) is 5.91. The van der Waals surface area contributed by atoms with Crippen molar-refractivity contribution in [3.63, 3.8) is 0 Å². The van der Waals surface area contributed by atoms with Gasteiger partial charge in [0.15, 0.2) is 0 Å². The molecule has 7 heteroatoms. The fraction of sp³-hybridized carbons (Fsp3) is 0.545. The number of nitrogens with two attached hydrogens (primary N) is 1. The van der Waals surface area contributed by atoms with Crippen molar-refractivity contribution in [3.05, 3.63) is 16.1 Å². The van der Waals surface area contributed by atoms with Gasteiger partial charge in [0.05, 0.1) is 6.54 Å². The van der Waals surface area contributed by atoms with Crippen molar-refractivity contribution < 1.29 is 9.59 Å². The molecule has 0 saturated carbocycles. The maximum Gasteiger partial charge on any atom is 0.271 e. The van der Waals surface area contributed by atoms with Crippen LogP contribution < -0.4 is 11.1 Å². The van der Waals surface area contributed by atoms with Crippen molar-refractivity contribution in [2.45, 2.75) is 19.4 Å². The van der Waals surface area contributed by atoms with E-state index in [1.807, 2.05) is 0 Å². The van der Waals surface area contributed by atoms with Crippen LogP contribution in [-0.2, 0) is 11.3 Å². The standard InChI is InChI=1S/C11H16N4O2S/c12-5-9-14-8(7-18-9)11(17)13-6-10(16)15-3-1-2-4-15/h7H,1-6,12H2,(H,13,17). The van der Waals surface area contributed by atoms with Crippen molar-refractivity contribution in [1.82, 2.24) is 15.2 Å². The third-order valence-corrected chi connectivity index (χ3v) is 3.69. The molecule has 6 nitrogen and oxygen atoms in total. The molecule has 0 atom stereocenters. The zero-order chi connectivity index (χ0) is 13.0. The van der Waals surface area contributed by atoms with Gasteiger partial charge in [0.2, 0.25) is 5.91 Å². The predicted molar refractivity (Wildman–Crippen MR) is 68.2 cm³/mol. The van der Waals surface area contributed by atoms with Crippen molar-refractivity contribution in [2.24, 2.45) is 5.73 Å². The average Bonchev–Trinajstić information content (AvgIpc) is 3.05. The second-order valence-corrected chi connectivity index (χ2v) is 5.04. The predicted octanol–water partition coefficient (Wildman–Crippen LogP) is -0.0460. The summed E-state index contributed by atoms with van der Waals surface area (Å²) in [6, 6.07) is 0. The topological polar surface area (TPSA) is 88.3 Å². The van der Waals surface area contributed by atoms with Crippen molar-refractivity contribution >= 4 is 23.2 Å². The van der Waals surface area contributed by atoms with E-state index in [4.69, 9.17) is 5.73 Å². The Morgan fingerprint density at radius 1 is 1.44 bits per heavy atom. The van der Waals surface area contributed by atoms with Gasteiger partial charge in [0.25, 0.3) is 5.91 Å². The summed E-state index contributed by atoms with van der Waals surface area (Å²) < 4.78 is 0. The summed E-state index contributed by atoms with van der Waals surface area (Å²) in [7, 11) is 0. The minimum absolute atomic E-state index is 0.0323. The smallest absolute Gasteiger partial charge is 0.271 e. The van der Waals surface area contributed by atoms with Crippen molar-refractivity contribution in [2.75, 3.05) is 19.6 Å². The molecule has 0 radical (unpaired) electrons. The first-order valence-corrected chi connectivity index (χ1v) is 6.79.